The molecule has 0 saturated carbocycles. The van der Waals surface area contributed by atoms with Crippen LogP contribution in [-0.4, -0.2) is 45.3 Å². The van der Waals surface area contributed by atoms with Crippen LogP contribution in [0.25, 0.3) is 0 Å². The van der Waals surface area contributed by atoms with Gasteiger partial charge >= 0.3 is 0 Å². The zero-order valence-electron chi connectivity index (χ0n) is 19.1. The Morgan fingerprint density at radius 1 is 0.968 bits per heavy atom. The lowest BCUT2D eigenvalue weighted by Crippen LogP contribution is -2.45. The minimum atomic E-state index is -0.221. The molecule has 1 heterocycles. The van der Waals surface area contributed by atoms with E-state index in [2.05, 4.69) is 13.8 Å². The third kappa shape index (κ3) is 4.73. The van der Waals surface area contributed by atoms with Gasteiger partial charge in [-0.2, -0.15) is 0 Å². The first kappa shape index (κ1) is 22.8. The maximum Gasteiger partial charge on any atom is 0.226 e. The summed E-state index contributed by atoms with van der Waals surface area (Å²) in [5.41, 5.74) is 2.19. The Labute approximate surface area is 185 Å². The van der Waals surface area contributed by atoms with Gasteiger partial charge < -0.3 is 23.8 Å². The number of para-hydroxylation sites is 2. The van der Waals surface area contributed by atoms with Crippen molar-refractivity contribution < 1.29 is 23.7 Å². The second kappa shape index (κ2) is 10.4. The van der Waals surface area contributed by atoms with E-state index in [-0.39, 0.29) is 17.9 Å². The molecule has 6 nitrogen and oxygen atoms in total. The Balaban J connectivity index is 1.98. The second-order valence-corrected chi connectivity index (χ2v) is 7.68. The number of rotatable bonds is 9. The van der Waals surface area contributed by atoms with E-state index in [0.717, 1.165) is 30.4 Å². The van der Waals surface area contributed by atoms with Crippen LogP contribution in [0.5, 0.6) is 23.0 Å². The van der Waals surface area contributed by atoms with Crippen molar-refractivity contribution in [2.75, 3.05) is 34.5 Å². The molecule has 0 bridgehead atoms. The number of hydrogen-bond donors (Lipinski definition) is 0. The molecule has 2 aromatic carbocycles. The van der Waals surface area contributed by atoms with E-state index in [1.807, 2.05) is 41.3 Å². The minimum absolute atomic E-state index is 0.00968. The highest BCUT2D eigenvalue weighted by Gasteiger charge is 2.35. The second-order valence-electron chi connectivity index (χ2n) is 7.68. The zero-order chi connectivity index (χ0) is 22.4. The van der Waals surface area contributed by atoms with Crippen LogP contribution >= 0.6 is 0 Å². The van der Waals surface area contributed by atoms with Crippen molar-refractivity contribution in [3.05, 3.63) is 47.5 Å². The van der Waals surface area contributed by atoms with Gasteiger partial charge in [-0.1, -0.05) is 26.0 Å². The van der Waals surface area contributed by atoms with Crippen molar-refractivity contribution in [3.8, 4) is 23.0 Å². The standard InChI is InChI=1S/C25H33NO5/c1-6-17(7-2)25(27)26-13-12-18-14-23(29-4)24(30-5)15-19(18)20(26)16-31-22-11-9-8-10-21(22)28-3/h8-11,14-15,17,20H,6-7,12-13,16H2,1-5H3. The van der Waals surface area contributed by atoms with E-state index >= 15 is 0 Å². The van der Waals surface area contributed by atoms with Gasteiger partial charge in [-0.25, -0.2) is 0 Å². The number of ether oxygens (including phenoxy) is 4. The maximum atomic E-state index is 13.4. The fourth-order valence-electron chi connectivity index (χ4n) is 4.25. The average molecular weight is 428 g/mol. The predicted octanol–water partition coefficient (Wildman–Crippen LogP) is 4.65. The number of hydrogen-bond acceptors (Lipinski definition) is 5. The largest absolute Gasteiger partial charge is 0.493 e. The third-order valence-corrected chi connectivity index (χ3v) is 6.09. The first-order valence-corrected chi connectivity index (χ1v) is 10.9. The quantitative estimate of drug-likeness (QED) is 0.583. The van der Waals surface area contributed by atoms with Crippen molar-refractivity contribution in [1.29, 1.82) is 0 Å². The molecule has 3 rings (SSSR count). The highest BCUT2D eigenvalue weighted by Crippen LogP contribution is 2.39. The van der Waals surface area contributed by atoms with E-state index < -0.39 is 0 Å². The molecule has 0 spiro atoms. The van der Waals surface area contributed by atoms with Crippen LogP contribution in [-0.2, 0) is 11.2 Å². The molecule has 168 valence electrons. The van der Waals surface area contributed by atoms with E-state index in [1.54, 1.807) is 21.3 Å². The van der Waals surface area contributed by atoms with Crippen LogP contribution in [0.4, 0.5) is 0 Å². The molecule has 1 unspecified atom stereocenters. The molecule has 1 amide bonds. The first-order valence-electron chi connectivity index (χ1n) is 10.9. The minimum Gasteiger partial charge on any atom is -0.493 e. The normalized spacial score (nSPS) is 15.4. The Bertz CT molecular complexity index is 893. The Hall–Kier alpha value is -2.89. The van der Waals surface area contributed by atoms with Gasteiger partial charge in [0.25, 0.3) is 0 Å². The average Bonchev–Trinajstić information content (AvgIpc) is 2.82. The van der Waals surface area contributed by atoms with Gasteiger partial charge in [0.15, 0.2) is 23.0 Å². The van der Waals surface area contributed by atoms with Crippen molar-refractivity contribution in [2.45, 2.75) is 39.2 Å². The zero-order valence-corrected chi connectivity index (χ0v) is 19.1. The molecule has 2 aromatic rings. The number of fused-ring (bicyclic) bond motifs is 1. The summed E-state index contributed by atoms with van der Waals surface area (Å²) in [5, 5.41) is 0. The van der Waals surface area contributed by atoms with Crippen LogP contribution in [0.3, 0.4) is 0 Å². The summed E-state index contributed by atoms with van der Waals surface area (Å²) in [5.74, 6) is 2.87. The monoisotopic (exact) mass is 427 g/mol. The SMILES string of the molecule is CCC(CC)C(=O)N1CCc2cc(OC)c(OC)cc2C1COc1ccccc1OC. The number of carbonyl (C=O) groups is 1. The number of nitrogens with zero attached hydrogens (tertiary/aromatic N) is 1. The molecule has 1 aliphatic heterocycles. The van der Waals surface area contributed by atoms with Crippen molar-refractivity contribution >= 4 is 5.91 Å². The van der Waals surface area contributed by atoms with Crippen LogP contribution in [0.1, 0.15) is 43.9 Å². The molecule has 31 heavy (non-hydrogen) atoms. The lowest BCUT2D eigenvalue weighted by molar-refractivity contribution is -0.139. The van der Waals surface area contributed by atoms with E-state index in [9.17, 15) is 4.79 Å². The van der Waals surface area contributed by atoms with E-state index in [4.69, 9.17) is 18.9 Å². The van der Waals surface area contributed by atoms with Gasteiger partial charge in [0.2, 0.25) is 5.91 Å². The molecule has 0 fully saturated rings. The van der Waals surface area contributed by atoms with Gasteiger partial charge in [0, 0.05) is 12.5 Å². The molecule has 0 aromatic heterocycles. The van der Waals surface area contributed by atoms with E-state index in [0.29, 0.717) is 36.1 Å². The summed E-state index contributed by atoms with van der Waals surface area (Å²) in [6.07, 6.45) is 2.42. The molecule has 1 atom stereocenters. The number of amides is 1. The van der Waals surface area contributed by atoms with Gasteiger partial charge in [0.1, 0.15) is 6.61 Å². The molecular weight excluding hydrogens is 394 g/mol. The first-order chi connectivity index (χ1) is 15.1. The Kier molecular flexibility index (Phi) is 7.66. The third-order valence-electron chi connectivity index (χ3n) is 6.09. The summed E-state index contributed by atoms with van der Waals surface area (Å²) in [6, 6.07) is 11.3. The molecule has 0 N–H and O–H groups in total. The van der Waals surface area contributed by atoms with Gasteiger partial charge in [0.05, 0.1) is 27.4 Å². The predicted molar refractivity (Wildman–Crippen MR) is 120 cm³/mol. The van der Waals surface area contributed by atoms with Crippen LogP contribution in [0.2, 0.25) is 0 Å². The lowest BCUT2D eigenvalue weighted by atomic mass is 9.90. The summed E-state index contributed by atoms with van der Waals surface area (Å²) < 4.78 is 22.7. The maximum absolute atomic E-state index is 13.4. The highest BCUT2D eigenvalue weighted by atomic mass is 16.5. The molecular formula is C25H33NO5. The topological polar surface area (TPSA) is 57.2 Å². The van der Waals surface area contributed by atoms with Crippen LogP contribution < -0.4 is 18.9 Å². The lowest BCUT2D eigenvalue weighted by Gasteiger charge is -2.39. The van der Waals surface area contributed by atoms with E-state index in [1.165, 1.54) is 0 Å². The molecule has 0 saturated heterocycles. The van der Waals surface area contributed by atoms with Gasteiger partial charge in [-0.15, -0.1) is 0 Å². The van der Waals surface area contributed by atoms with Crippen molar-refractivity contribution in [2.24, 2.45) is 5.92 Å². The van der Waals surface area contributed by atoms with Crippen LogP contribution in [0, 0.1) is 5.92 Å². The molecule has 0 aliphatic carbocycles. The van der Waals surface area contributed by atoms with Crippen LogP contribution in [0.15, 0.2) is 36.4 Å². The summed E-state index contributed by atoms with van der Waals surface area (Å²) in [4.78, 5) is 15.4. The summed E-state index contributed by atoms with van der Waals surface area (Å²) >= 11 is 0. The fourth-order valence-corrected chi connectivity index (χ4v) is 4.25. The highest BCUT2D eigenvalue weighted by molar-refractivity contribution is 5.80. The number of benzene rings is 2. The fraction of sp³-hybridized carbons (Fsp3) is 0.480. The number of carbonyl (C=O) groups excluding carboxylic acids is 1. The molecule has 1 aliphatic rings. The summed E-state index contributed by atoms with van der Waals surface area (Å²) in [6.45, 7) is 5.11. The molecule has 0 radical (unpaired) electrons. The van der Waals surface area contributed by atoms with Crippen molar-refractivity contribution in [3.63, 3.8) is 0 Å². The van der Waals surface area contributed by atoms with Gasteiger partial charge in [-0.05, 0) is 54.7 Å². The summed E-state index contributed by atoms with van der Waals surface area (Å²) in [7, 11) is 4.89. The van der Waals surface area contributed by atoms with Gasteiger partial charge in [-0.3, -0.25) is 4.79 Å². The Morgan fingerprint density at radius 3 is 2.19 bits per heavy atom. The Morgan fingerprint density at radius 2 is 1.58 bits per heavy atom. The number of methoxy groups -OCH3 is 3. The smallest absolute Gasteiger partial charge is 0.226 e. The van der Waals surface area contributed by atoms with Crippen molar-refractivity contribution in [1.82, 2.24) is 4.90 Å². The molecule has 6 heteroatoms.